The van der Waals surface area contributed by atoms with Crippen LogP contribution in [0.4, 0.5) is 0 Å². The van der Waals surface area contributed by atoms with Crippen LogP contribution in [0.5, 0.6) is 0 Å². The highest BCUT2D eigenvalue weighted by molar-refractivity contribution is 7.11. The fourth-order valence-electron chi connectivity index (χ4n) is 2.04. The van der Waals surface area contributed by atoms with Crippen molar-refractivity contribution in [2.75, 3.05) is 7.05 Å². The van der Waals surface area contributed by atoms with E-state index in [0.717, 1.165) is 19.3 Å². The highest BCUT2D eigenvalue weighted by Gasteiger charge is 2.09. The molecule has 0 aliphatic rings. The third kappa shape index (κ3) is 3.65. The van der Waals surface area contributed by atoms with E-state index in [4.69, 9.17) is 0 Å². The van der Waals surface area contributed by atoms with Gasteiger partial charge in [-0.3, -0.25) is 4.98 Å². The zero-order valence-electron chi connectivity index (χ0n) is 11.0. The molecule has 2 heterocycles. The molecule has 1 N–H and O–H groups in total. The first-order valence-corrected chi connectivity index (χ1v) is 7.27. The van der Waals surface area contributed by atoms with Crippen molar-refractivity contribution >= 4 is 11.3 Å². The number of hydrogen-bond donors (Lipinski definition) is 1. The summed E-state index contributed by atoms with van der Waals surface area (Å²) in [6, 6.07) is 9.20. The van der Waals surface area contributed by atoms with E-state index < -0.39 is 0 Å². The van der Waals surface area contributed by atoms with Gasteiger partial charge < -0.3 is 5.32 Å². The van der Waals surface area contributed by atoms with Crippen LogP contribution in [-0.4, -0.2) is 18.1 Å². The fourth-order valence-corrected chi connectivity index (χ4v) is 3.08. The predicted octanol–water partition coefficient (Wildman–Crippen LogP) is 3.08. The van der Waals surface area contributed by atoms with E-state index >= 15 is 0 Å². The third-order valence-corrected chi connectivity index (χ3v) is 4.40. The summed E-state index contributed by atoms with van der Waals surface area (Å²) in [4.78, 5) is 7.01. The van der Waals surface area contributed by atoms with Gasteiger partial charge in [0, 0.05) is 28.2 Å². The van der Waals surface area contributed by atoms with Gasteiger partial charge in [0.15, 0.2) is 0 Å². The van der Waals surface area contributed by atoms with E-state index in [1.54, 1.807) is 0 Å². The summed E-state index contributed by atoms with van der Waals surface area (Å²) >= 11 is 1.93. The molecule has 2 nitrogen and oxygen atoms in total. The van der Waals surface area contributed by atoms with Gasteiger partial charge in [-0.15, -0.1) is 11.3 Å². The number of thiophene rings is 1. The lowest BCUT2D eigenvalue weighted by atomic mass is 10.0. The zero-order valence-corrected chi connectivity index (χ0v) is 11.8. The lowest BCUT2D eigenvalue weighted by Gasteiger charge is -2.15. The molecule has 0 aliphatic carbocycles. The molecule has 0 bridgehead atoms. The first-order chi connectivity index (χ1) is 8.81. The van der Waals surface area contributed by atoms with Gasteiger partial charge in [-0.05, 0) is 56.1 Å². The van der Waals surface area contributed by atoms with Crippen LogP contribution >= 0.6 is 11.3 Å². The maximum Gasteiger partial charge on any atom is 0.0270 e. The summed E-state index contributed by atoms with van der Waals surface area (Å²) in [5.41, 5.74) is 1.34. The zero-order chi connectivity index (χ0) is 12.8. The van der Waals surface area contributed by atoms with Crippen LogP contribution in [-0.2, 0) is 19.3 Å². The van der Waals surface area contributed by atoms with Gasteiger partial charge in [-0.1, -0.05) is 6.92 Å². The Bertz CT molecular complexity index is 464. The van der Waals surface area contributed by atoms with Crippen LogP contribution in [0, 0.1) is 0 Å². The van der Waals surface area contributed by atoms with Crippen molar-refractivity contribution in [2.45, 2.75) is 32.2 Å². The first kappa shape index (κ1) is 13.2. The molecular formula is C15H20N2S. The quantitative estimate of drug-likeness (QED) is 0.863. The van der Waals surface area contributed by atoms with E-state index in [1.165, 1.54) is 15.3 Å². The molecule has 1 atom stereocenters. The van der Waals surface area contributed by atoms with Crippen molar-refractivity contribution < 1.29 is 0 Å². The van der Waals surface area contributed by atoms with Gasteiger partial charge >= 0.3 is 0 Å². The second-order valence-corrected chi connectivity index (χ2v) is 5.72. The fraction of sp³-hybridized carbons (Fsp3) is 0.400. The monoisotopic (exact) mass is 260 g/mol. The average molecular weight is 260 g/mol. The van der Waals surface area contributed by atoms with Crippen molar-refractivity contribution in [3.8, 4) is 0 Å². The molecule has 2 aromatic heterocycles. The minimum atomic E-state index is 0.496. The molecule has 0 aromatic carbocycles. The van der Waals surface area contributed by atoms with Crippen LogP contribution in [0.25, 0.3) is 0 Å². The Morgan fingerprint density at radius 2 is 1.83 bits per heavy atom. The number of nitrogens with one attached hydrogen (secondary N) is 1. The Morgan fingerprint density at radius 3 is 2.44 bits per heavy atom. The van der Waals surface area contributed by atoms with Gasteiger partial charge in [0.05, 0.1) is 0 Å². The molecule has 2 rings (SSSR count). The predicted molar refractivity (Wildman–Crippen MR) is 78.2 cm³/mol. The lowest BCUT2D eigenvalue weighted by Crippen LogP contribution is -2.29. The van der Waals surface area contributed by atoms with Crippen LogP contribution < -0.4 is 5.32 Å². The van der Waals surface area contributed by atoms with Crippen LogP contribution in [0.2, 0.25) is 0 Å². The van der Waals surface area contributed by atoms with Crippen molar-refractivity contribution in [3.63, 3.8) is 0 Å². The number of nitrogens with zero attached hydrogens (tertiary/aromatic N) is 1. The van der Waals surface area contributed by atoms with Gasteiger partial charge in [0.25, 0.3) is 0 Å². The van der Waals surface area contributed by atoms with Crippen molar-refractivity contribution in [2.24, 2.45) is 0 Å². The standard InChI is InChI=1S/C15H20N2S/c1-3-14-4-5-15(18-14)11-13(16-2)10-12-6-8-17-9-7-12/h4-9,13,16H,3,10-11H2,1-2H3. The Hall–Kier alpha value is -1.19. The SMILES string of the molecule is CCc1ccc(CC(Cc2ccncc2)NC)s1. The third-order valence-electron chi connectivity index (χ3n) is 3.15. The van der Waals surface area contributed by atoms with E-state index in [0.29, 0.717) is 6.04 Å². The van der Waals surface area contributed by atoms with Crippen molar-refractivity contribution in [3.05, 3.63) is 52.0 Å². The second-order valence-electron chi connectivity index (χ2n) is 4.47. The molecule has 18 heavy (non-hydrogen) atoms. The Kier molecular flexibility index (Phi) is 4.90. The van der Waals surface area contributed by atoms with E-state index in [1.807, 2.05) is 30.8 Å². The maximum absolute atomic E-state index is 4.06. The maximum atomic E-state index is 4.06. The van der Waals surface area contributed by atoms with Crippen molar-refractivity contribution in [1.82, 2.24) is 10.3 Å². The summed E-state index contributed by atoms with van der Waals surface area (Å²) in [6.45, 7) is 2.21. The van der Waals surface area contributed by atoms with Gasteiger partial charge in [-0.2, -0.15) is 0 Å². The molecule has 3 heteroatoms. The minimum absolute atomic E-state index is 0.496. The summed E-state index contributed by atoms with van der Waals surface area (Å²) < 4.78 is 0. The Balaban J connectivity index is 1.97. The first-order valence-electron chi connectivity index (χ1n) is 6.45. The minimum Gasteiger partial charge on any atom is -0.316 e. The molecule has 0 amide bonds. The highest BCUT2D eigenvalue weighted by Crippen LogP contribution is 2.19. The van der Waals surface area contributed by atoms with Crippen molar-refractivity contribution in [1.29, 1.82) is 0 Å². The van der Waals surface area contributed by atoms with E-state index in [9.17, 15) is 0 Å². The summed E-state index contributed by atoms with van der Waals surface area (Å²) in [6.07, 6.45) is 7.02. The Morgan fingerprint density at radius 1 is 1.11 bits per heavy atom. The molecule has 2 aromatic rings. The number of aromatic nitrogens is 1. The molecule has 0 saturated heterocycles. The summed E-state index contributed by atoms with van der Waals surface area (Å²) in [5, 5.41) is 3.41. The second kappa shape index (κ2) is 6.66. The van der Waals surface area contributed by atoms with Gasteiger partial charge in [0.1, 0.15) is 0 Å². The number of pyridine rings is 1. The molecule has 0 aliphatic heterocycles. The number of hydrogen-bond acceptors (Lipinski definition) is 3. The molecule has 0 saturated carbocycles. The van der Waals surface area contributed by atoms with Crippen LogP contribution in [0.15, 0.2) is 36.7 Å². The molecule has 0 fully saturated rings. The number of rotatable bonds is 6. The molecular weight excluding hydrogens is 240 g/mol. The van der Waals surface area contributed by atoms with Crippen LogP contribution in [0.3, 0.4) is 0 Å². The average Bonchev–Trinajstić information content (AvgIpc) is 2.87. The van der Waals surface area contributed by atoms with E-state index in [-0.39, 0.29) is 0 Å². The number of likely N-dealkylation sites (N-methyl/N-ethyl adjacent to an activating group) is 1. The summed E-state index contributed by atoms with van der Waals surface area (Å²) in [7, 11) is 2.04. The van der Waals surface area contributed by atoms with Crippen LogP contribution in [0.1, 0.15) is 22.2 Å². The van der Waals surface area contributed by atoms with Gasteiger partial charge in [-0.25, -0.2) is 0 Å². The number of aryl methyl sites for hydroxylation is 1. The topological polar surface area (TPSA) is 24.9 Å². The van der Waals surface area contributed by atoms with E-state index in [2.05, 4.69) is 41.5 Å². The molecule has 0 spiro atoms. The normalized spacial score (nSPS) is 12.6. The largest absolute Gasteiger partial charge is 0.316 e. The summed E-state index contributed by atoms with van der Waals surface area (Å²) in [5.74, 6) is 0. The Labute approximate surface area is 113 Å². The molecule has 96 valence electrons. The molecule has 1 unspecified atom stereocenters. The smallest absolute Gasteiger partial charge is 0.0270 e. The lowest BCUT2D eigenvalue weighted by molar-refractivity contribution is 0.560. The van der Waals surface area contributed by atoms with Gasteiger partial charge in [0.2, 0.25) is 0 Å². The highest BCUT2D eigenvalue weighted by atomic mass is 32.1. The molecule has 0 radical (unpaired) electrons.